The number of nitrogens with zero attached hydrogens (tertiary/aromatic N) is 4. The zero-order chi connectivity index (χ0) is 20.5. The monoisotopic (exact) mass is 398 g/mol. The van der Waals surface area contributed by atoms with Gasteiger partial charge in [0.05, 0.1) is 25.0 Å². The average Bonchev–Trinajstić information content (AvgIpc) is 3.05. The van der Waals surface area contributed by atoms with Gasteiger partial charge in [-0.1, -0.05) is 18.2 Å². The largest absolute Gasteiger partial charge is 0.496 e. The number of ether oxygens (including phenoxy) is 2. The topological polar surface area (TPSA) is 59.8 Å². The van der Waals surface area contributed by atoms with Crippen molar-refractivity contribution in [3.05, 3.63) is 46.8 Å². The lowest BCUT2D eigenvalue weighted by Crippen LogP contribution is -2.48. The molecule has 2 aliphatic rings. The third-order valence-corrected chi connectivity index (χ3v) is 5.96. The molecule has 0 bridgehead atoms. The Bertz CT molecular complexity index is 886. The summed E-state index contributed by atoms with van der Waals surface area (Å²) < 4.78 is 13.2. The van der Waals surface area contributed by atoms with Gasteiger partial charge in [0, 0.05) is 57.3 Å². The van der Waals surface area contributed by atoms with E-state index in [4.69, 9.17) is 9.47 Å². The van der Waals surface area contributed by atoms with Gasteiger partial charge in [0.2, 0.25) is 0 Å². The van der Waals surface area contributed by atoms with Crippen molar-refractivity contribution < 1.29 is 14.3 Å². The van der Waals surface area contributed by atoms with E-state index in [-0.39, 0.29) is 18.1 Å². The number of benzene rings is 1. The van der Waals surface area contributed by atoms with Crippen LogP contribution in [0.15, 0.2) is 24.3 Å². The third kappa shape index (κ3) is 3.89. The van der Waals surface area contributed by atoms with E-state index < -0.39 is 0 Å². The number of amides is 1. The molecule has 0 radical (unpaired) electrons. The first-order chi connectivity index (χ1) is 14.0. The number of methoxy groups -OCH3 is 1. The molecule has 1 aromatic carbocycles. The van der Waals surface area contributed by atoms with Crippen LogP contribution in [0, 0.1) is 0 Å². The highest BCUT2D eigenvalue weighted by Crippen LogP contribution is 2.32. The summed E-state index contributed by atoms with van der Waals surface area (Å²) in [6.07, 6.45) is 0.805. The molecule has 0 N–H and O–H groups in total. The van der Waals surface area contributed by atoms with Gasteiger partial charge in [0.25, 0.3) is 5.91 Å². The van der Waals surface area contributed by atoms with Crippen LogP contribution >= 0.6 is 0 Å². The van der Waals surface area contributed by atoms with Crippen LogP contribution in [0.2, 0.25) is 0 Å². The van der Waals surface area contributed by atoms with Crippen molar-refractivity contribution in [2.75, 3.05) is 33.3 Å². The summed E-state index contributed by atoms with van der Waals surface area (Å²) in [4.78, 5) is 17.5. The lowest BCUT2D eigenvalue weighted by atomic mass is 9.99. The molecule has 1 fully saturated rings. The van der Waals surface area contributed by atoms with E-state index >= 15 is 0 Å². The second-order valence-electron chi connectivity index (χ2n) is 8.01. The highest BCUT2D eigenvalue weighted by atomic mass is 16.5. The molecule has 4 rings (SSSR count). The highest BCUT2D eigenvalue weighted by molar-refractivity contribution is 5.94. The van der Waals surface area contributed by atoms with Crippen molar-refractivity contribution in [3.8, 4) is 5.75 Å². The first-order valence-corrected chi connectivity index (χ1v) is 10.3. The fourth-order valence-corrected chi connectivity index (χ4v) is 4.54. The molecule has 0 unspecified atom stereocenters. The minimum absolute atomic E-state index is 0.0366. The molecule has 156 valence electrons. The Kier molecular flexibility index (Phi) is 5.61. The standard InChI is InChI=1S/C22H30N4O3/c1-15-13-18-20(23-24(3)21(18)16(2)29-15)22(27)26-11-9-25(10-12-26)14-17-7-5-6-8-19(17)28-4/h5-8,15-16H,9-14H2,1-4H3/t15-,16+/m0/s1. The van der Waals surface area contributed by atoms with Crippen LogP contribution in [0.25, 0.3) is 0 Å². The number of carbonyl (C=O) groups excluding carboxylic acids is 1. The SMILES string of the molecule is COc1ccccc1CN1CCN(C(=O)c2nn(C)c3c2C[C@H](C)O[C@@H]3C)CC1. The van der Waals surface area contributed by atoms with Crippen LogP contribution in [0.3, 0.4) is 0 Å². The van der Waals surface area contributed by atoms with E-state index in [2.05, 4.69) is 23.0 Å². The molecule has 2 aliphatic heterocycles. The highest BCUT2D eigenvalue weighted by Gasteiger charge is 2.33. The summed E-state index contributed by atoms with van der Waals surface area (Å²) in [5, 5.41) is 4.58. The molecule has 7 nitrogen and oxygen atoms in total. The lowest BCUT2D eigenvalue weighted by Gasteiger charge is -2.35. The molecular formula is C22H30N4O3. The molecule has 3 heterocycles. The molecule has 1 saturated heterocycles. The fraction of sp³-hybridized carbons (Fsp3) is 0.545. The van der Waals surface area contributed by atoms with Crippen molar-refractivity contribution >= 4 is 5.91 Å². The zero-order valence-electron chi connectivity index (χ0n) is 17.7. The number of hydrogen-bond acceptors (Lipinski definition) is 5. The number of piperazine rings is 1. The molecule has 2 aromatic rings. The quantitative estimate of drug-likeness (QED) is 0.792. The van der Waals surface area contributed by atoms with Crippen molar-refractivity contribution in [2.45, 2.75) is 39.0 Å². The number of aromatic nitrogens is 2. The van der Waals surface area contributed by atoms with E-state index in [1.165, 1.54) is 5.56 Å². The van der Waals surface area contributed by atoms with Crippen molar-refractivity contribution in [1.29, 1.82) is 0 Å². The Hall–Kier alpha value is -2.38. The normalized spacial score (nSPS) is 22.4. The molecule has 1 aromatic heterocycles. The second-order valence-corrected chi connectivity index (χ2v) is 8.01. The van der Waals surface area contributed by atoms with Gasteiger partial charge in [0.15, 0.2) is 5.69 Å². The fourth-order valence-electron chi connectivity index (χ4n) is 4.54. The molecule has 7 heteroatoms. The van der Waals surface area contributed by atoms with Gasteiger partial charge >= 0.3 is 0 Å². The van der Waals surface area contributed by atoms with Crippen molar-refractivity contribution in [1.82, 2.24) is 19.6 Å². The van der Waals surface area contributed by atoms with Crippen LogP contribution < -0.4 is 4.74 Å². The summed E-state index contributed by atoms with van der Waals surface area (Å²) in [5.74, 6) is 0.955. The maximum Gasteiger partial charge on any atom is 0.274 e. The van der Waals surface area contributed by atoms with Crippen LogP contribution in [-0.4, -0.2) is 64.9 Å². The predicted octanol–water partition coefficient (Wildman–Crippen LogP) is 2.41. The van der Waals surface area contributed by atoms with Gasteiger partial charge in [0.1, 0.15) is 5.75 Å². The van der Waals surface area contributed by atoms with Gasteiger partial charge in [-0.2, -0.15) is 5.10 Å². The lowest BCUT2D eigenvalue weighted by molar-refractivity contribution is -0.00908. The Morgan fingerprint density at radius 2 is 1.93 bits per heavy atom. The van der Waals surface area contributed by atoms with Crippen LogP contribution in [0.1, 0.15) is 47.3 Å². The van der Waals surface area contributed by atoms with Gasteiger partial charge in [-0.25, -0.2) is 0 Å². The van der Waals surface area contributed by atoms with Crippen molar-refractivity contribution in [3.63, 3.8) is 0 Å². The minimum Gasteiger partial charge on any atom is -0.496 e. The molecule has 0 spiro atoms. The van der Waals surface area contributed by atoms with E-state index in [9.17, 15) is 4.79 Å². The van der Waals surface area contributed by atoms with Gasteiger partial charge in [-0.15, -0.1) is 0 Å². The number of rotatable bonds is 4. The second kappa shape index (κ2) is 8.16. The summed E-state index contributed by atoms with van der Waals surface area (Å²) in [6, 6.07) is 8.11. The Balaban J connectivity index is 1.43. The maximum atomic E-state index is 13.2. The van der Waals surface area contributed by atoms with Crippen LogP contribution in [0.4, 0.5) is 0 Å². The first-order valence-electron chi connectivity index (χ1n) is 10.3. The number of para-hydroxylation sites is 1. The summed E-state index contributed by atoms with van der Waals surface area (Å²) >= 11 is 0. The summed E-state index contributed by atoms with van der Waals surface area (Å²) in [5.41, 5.74) is 3.86. The van der Waals surface area contributed by atoms with Gasteiger partial charge in [-0.3, -0.25) is 14.4 Å². The van der Waals surface area contributed by atoms with Crippen LogP contribution in [0.5, 0.6) is 5.75 Å². The number of aryl methyl sites for hydroxylation is 1. The molecule has 2 atom stereocenters. The average molecular weight is 399 g/mol. The molecule has 0 saturated carbocycles. The smallest absolute Gasteiger partial charge is 0.274 e. The number of fused-ring (bicyclic) bond motifs is 1. The Morgan fingerprint density at radius 1 is 1.21 bits per heavy atom. The van der Waals surface area contributed by atoms with E-state index in [1.54, 1.807) is 7.11 Å². The maximum absolute atomic E-state index is 13.2. The Labute approximate surface area is 172 Å². The minimum atomic E-state index is -0.0366. The van der Waals surface area contributed by atoms with E-state index in [0.717, 1.165) is 43.1 Å². The third-order valence-electron chi connectivity index (χ3n) is 5.96. The van der Waals surface area contributed by atoms with Gasteiger partial charge in [-0.05, 0) is 19.9 Å². The number of hydrogen-bond donors (Lipinski definition) is 0. The summed E-state index contributed by atoms with van der Waals surface area (Å²) in [7, 11) is 3.60. The molecule has 29 heavy (non-hydrogen) atoms. The van der Waals surface area contributed by atoms with Crippen LogP contribution in [-0.2, 0) is 24.8 Å². The molecule has 1 amide bonds. The van der Waals surface area contributed by atoms with Crippen molar-refractivity contribution in [2.24, 2.45) is 7.05 Å². The summed E-state index contributed by atoms with van der Waals surface area (Å²) in [6.45, 7) is 8.01. The van der Waals surface area contributed by atoms with E-state index in [1.807, 2.05) is 41.8 Å². The van der Waals surface area contributed by atoms with E-state index in [0.29, 0.717) is 18.8 Å². The molecular weight excluding hydrogens is 368 g/mol. The zero-order valence-corrected chi connectivity index (χ0v) is 17.7. The number of carbonyl (C=O) groups is 1. The Morgan fingerprint density at radius 3 is 2.66 bits per heavy atom. The first kappa shape index (κ1) is 19.9. The predicted molar refractivity (Wildman–Crippen MR) is 110 cm³/mol. The molecule has 0 aliphatic carbocycles. The van der Waals surface area contributed by atoms with Gasteiger partial charge < -0.3 is 14.4 Å².